The summed E-state index contributed by atoms with van der Waals surface area (Å²) in [6.07, 6.45) is 2.67. The standard InChI is InChI=1S/C13H11Cl2NO/c14-9-3-4-10(12(15)6-9)11(7-16)13(17)5-8-1-2-8/h3-4,6,8,11H,1-2,5H2. The van der Waals surface area contributed by atoms with E-state index in [0.29, 0.717) is 27.9 Å². The lowest BCUT2D eigenvalue weighted by Gasteiger charge is -2.10. The van der Waals surface area contributed by atoms with Crippen molar-refractivity contribution in [1.82, 2.24) is 0 Å². The van der Waals surface area contributed by atoms with Crippen molar-refractivity contribution >= 4 is 29.0 Å². The van der Waals surface area contributed by atoms with Crippen LogP contribution < -0.4 is 0 Å². The summed E-state index contributed by atoms with van der Waals surface area (Å²) in [5.41, 5.74) is 0.559. The summed E-state index contributed by atoms with van der Waals surface area (Å²) in [5.74, 6) is -0.330. The summed E-state index contributed by atoms with van der Waals surface area (Å²) in [4.78, 5) is 11.9. The maximum absolute atomic E-state index is 11.9. The molecule has 0 aromatic heterocycles. The Balaban J connectivity index is 2.22. The van der Waals surface area contributed by atoms with Gasteiger partial charge in [-0.25, -0.2) is 0 Å². The van der Waals surface area contributed by atoms with Crippen LogP contribution in [-0.4, -0.2) is 5.78 Å². The molecule has 1 saturated carbocycles. The second kappa shape index (κ2) is 5.08. The van der Waals surface area contributed by atoms with E-state index in [9.17, 15) is 4.79 Å². The smallest absolute Gasteiger partial charge is 0.154 e. The van der Waals surface area contributed by atoms with Crippen LogP contribution >= 0.6 is 23.2 Å². The van der Waals surface area contributed by atoms with Crippen LogP contribution in [0.5, 0.6) is 0 Å². The van der Waals surface area contributed by atoms with Crippen molar-refractivity contribution in [3.8, 4) is 6.07 Å². The van der Waals surface area contributed by atoms with Crippen molar-refractivity contribution in [3.05, 3.63) is 33.8 Å². The van der Waals surface area contributed by atoms with E-state index in [1.807, 2.05) is 6.07 Å². The van der Waals surface area contributed by atoms with Crippen LogP contribution in [0.25, 0.3) is 0 Å². The van der Waals surface area contributed by atoms with Crippen LogP contribution in [0, 0.1) is 17.2 Å². The molecular formula is C13H11Cl2NO. The van der Waals surface area contributed by atoms with Gasteiger partial charge in [-0.2, -0.15) is 5.26 Å². The molecule has 1 unspecified atom stereocenters. The van der Waals surface area contributed by atoms with E-state index in [4.69, 9.17) is 28.5 Å². The second-order valence-corrected chi connectivity index (χ2v) is 5.19. The van der Waals surface area contributed by atoms with E-state index >= 15 is 0 Å². The number of nitrogens with zero attached hydrogens (tertiary/aromatic N) is 1. The third-order valence-electron chi connectivity index (χ3n) is 2.91. The average Bonchev–Trinajstić information content (AvgIpc) is 3.06. The Hall–Kier alpha value is -1.04. The molecule has 0 saturated heterocycles. The molecule has 1 aliphatic rings. The fourth-order valence-corrected chi connectivity index (χ4v) is 2.29. The molecule has 17 heavy (non-hydrogen) atoms. The van der Waals surface area contributed by atoms with Gasteiger partial charge < -0.3 is 0 Å². The Morgan fingerprint density at radius 1 is 1.47 bits per heavy atom. The Labute approximate surface area is 110 Å². The SMILES string of the molecule is N#CC(C(=O)CC1CC1)c1ccc(Cl)cc1Cl. The molecule has 0 N–H and O–H groups in total. The lowest BCUT2D eigenvalue weighted by Crippen LogP contribution is -2.11. The Kier molecular flexibility index (Phi) is 3.71. The van der Waals surface area contributed by atoms with Crippen LogP contribution in [0.4, 0.5) is 0 Å². The van der Waals surface area contributed by atoms with Crippen molar-refractivity contribution in [2.24, 2.45) is 5.92 Å². The van der Waals surface area contributed by atoms with Gasteiger partial charge >= 0.3 is 0 Å². The zero-order valence-electron chi connectivity index (χ0n) is 9.12. The molecule has 1 aliphatic carbocycles. The minimum atomic E-state index is -0.764. The first-order valence-corrected chi connectivity index (χ1v) is 6.24. The van der Waals surface area contributed by atoms with Gasteiger partial charge in [0.05, 0.1) is 6.07 Å². The minimum absolute atomic E-state index is 0.0424. The molecule has 0 aliphatic heterocycles. The van der Waals surface area contributed by atoms with E-state index in [2.05, 4.69) is 0 Å². The molecule has 0 heterocycles. The molecule has 0 radical (unpaired) electrons. The van der Waals surface area contributed by atoms with Gasteiger partial charge in [0.15, 0.2) is 5.78 Å². The highest BCUT2D eigenvalue weighted by atomic mass is 35.5. The number of carbonyl (C=O) groups is 1. The zero-order chi connectivity index (χ0) is 12.4. The van der Waals surface area contributed by atoms with Gasteiger partial charge in [0.2, 0.25) is 0 Å². The van der Waals surface area contributed by atoms with Crippen molar-refractivity contribution in [3.63, 3.8) is 0 Å². The third-order valence-corrected chi connectivity index (χ3v) is 3.47. The highest BCUT2D eigenvalue weighted by molar-refractivity contribution is 6.35. The predicted octanol–water partition coefficient (Wildman–Crippen LogP) is 3.97. The summed E-state index contributed by atoms with van der Waals surface area (Å²) >= 11 is 11.8. The van der Waals surface area contributed by atoms with Gasteiger partial charge in [-0.15, -0.1) is 0 Å². The van der Waals surface area contributed by atoms with Crippen molar-refractivity contribution in [2.75, 3.05) is 0 Å². The topological polar surface area (TPSA) is 40.9 Å². The first kappa shape index (κ1) is 12.4. The molecule has 0 spiro atoms. The van der Waals surface area contributed by atoms with Gasteiger partial charge in [-0.3, -0.25) is 4.79 Å². The van der Waals surface area contributed by atoms with E-state index in [1.54, 1.807) is 18.2 Å². The maximum atomic E-state index is 11.9. The Morgan fingerprint density at radius 2 is 2.18 bits per heavy atom. The Bertz CT molecular complexity index is 489. The molecule has 1 aromatic carbocycles. The first-order valence-electron chi connectivity index (χ1n) is 5.49. The lowest BCUT2D eigenvalue weighted by molar-refractivity contribution is -0.119. The van der Waals surface area contributed by atoms with E-state index in [1.165, 1.54) is 0 Å². The number of benzene rings is 1. The van der Waals surface area contributed by atoms with E-state index in [0.717, 1.165) is 12.8 Å². The van der Waals surface area contributed by atoms with Gasteiger partial charge in [-0.05, 0) is 36.5 Å². The van der Waals surface area contributed by atoms with Crippen molar-refractivity contribution in [2.45, 2.75) is 25.2 Å². The average molecular weight is 268 g/mol. The number of rotatable bonds is 4. The molecule has 1 aromatic rings. The molecule has 1 atom stereocenters. The first-order chi connectivity index (χ1) is 8.11. The monoisotopic (exact) mass is 267 g/mol. The third kappa shape index (κ3) is 3.00. The van der Waals surface area contributed by atoms with Gasteiger partial charge in [0.25, 0.3) is 0 Å². The minimum Gasteiger partial charge on any atom is -0.298 e. The summed E-state index contributed by atoms with van der Waals surface area (Å²) in [6.45, 7) is 0. The molecule has 1 fully saturated rings. The highest BCUT2D eigenvalue weighted by Crippen LogP contribution is 2.36. The molecular weight excluding hydrogens is 257 g/mol. The summed E-state index contributed by atoms with van der Waals surface area (Å²) in [5, 5.41) is 10.0. The van der Waals surface area contributed by atoms with Crippen LogP contribution in [0.1, 0.15) is 30.7 Å². The van der Waals surface area contributed by atoms with Gasteiger partial charge in [0, 0.05) is 16.5 Å². The second-order valence-electron chi connectivity index (χ2n) is 4.34. The van der Waals surface area contributed by atoms with Crippen LogP contribution in [0.15, 0.2) is 18.2 Å². The van der Waals surface area contributed by atoms with Crippen LogP contribution in [0.2, 0.25) is 10.0 Å². The normalized spacial score (nSPS) is 16.3. The molecule has 2 nitrogen and oxygen atoms in total. The summed E-state index contributed by atoms with van der Waals surface area (Å²) in [6, 6.07) is 6.90. The number of carbonyl (C=O) groups excluding carboxylic acids is 1. The van der Waals surface area contributed by atoms with Crippen LogP contribution in [0.3, 0.4) is 0 Å². The largest absolute Gasteiger partial charge is 0.298 e. The quantitative estimate of drug-likeness (QED) is 0.828. The number of nitriles is 1. The molecule has 0 amide bonds. The lowest BCUT2D eigenvalue weighted by atomic mass is 9.93. The van der Waals surface area contributed by atoms with Gasteiger partial charge in [-0.1, -0.05) is 29.3 Å². The Morgan fingerprint density at radius 3 is 2.71 bits per heavy atom. The predicted molar refractivity (Wildman–Crippen MR) is 67.2 cm³/mol. The molecule has 2 rings (SSSR count). The zero-order valence-corrected chi connectivity index (χ0v) is 10.6. The number of hydrogen-bond donors (Lipinski definition) is 0. The number of hydrogen-bond acceptors (Lipinski definition) is 2. The van der Waals surface area contributed by atoms with Crippen LogP contribution in [-0.2, 0) is 4.79 Å². The highest BCUT2D eigenvalue weighted by Gasteiger charge is 2.30. The van der Waals surface area contributed by atoms with E-state index in [-0.39, 0.29) is 5.78 Å². The van der Waals surface area contributed by atoms with Gasteiger partial charge in [0.1, 0.15) is 5.92 Å². The molecule has 4 heteroatoms. The summed E-state index contributed by atoms with van der Waals surface area (Å²) in [7, 11) is 0. The van der Waals surface area contributed by atoms with Crippen molar-refractivity contribution in [1.29, 1.82) is 5.26 Å². The van der Waals surface area contributed by atoms with Crippen molar-refractivity contribution < 1.29 is 4.79 Å². The molecule has 88 valence electrons. The maximum Gasteiger partial charge on any atom is 0.154 e. The van der Waals surface area contributed by atoms with E-state index < -0.39 is 5.92 Å². The summed E-state index contributed by atoms with van der Waals surface area (Å²) < 4.78 is 0. The molecule has 0 bridgehead atoms. The fourth-order valence-electron chi connectivity index (χ4n) is 1.77. The number of ketones is 1. The number of halogens is 2. The number of Topliss-reactive ketones (excluding diaryl/α,β-unsaturated/α-hetero) is 1. The fraction of sp³-hybridized carbons (Fsp3) is 0.385.